The highest BCUT2D eigenvalue weighted by molar-refractivity contribution is 5.76. The minimum Gasteiger partial charge on any atom is -0.480 e. The van der Waals surface area contributed by atoms with Crippen molar-refractivity contribution < 1.29 is 9.90 Å². The third kappa shape index (κ3) is 1.28. The van der Waals surface area contributed by atoms with Gasteiger partial charge in [0.05, 0.1) is 0 Å². The number of aromatic nitrogens is 1. The molecule has 1 saturated carbocycles. The van der Waals surface area contributed by atoms with Gasteiger partial charge < -0.3 is 10.8 Å². The van der Waals surface area contributed by atoms with E-state index >= 15 is 0 Å². The van der Waals surface area contributed by atoms with Crippen molar-refractivity contribution >= 4 is 5.97 Å². The molecule has 0 radical (unpaired) electrons. The lowest BCUT2D eigenvalue weighted by atomic mass is 9.90. The first-order chi connectivity index (χ1) is 6.67. The minimum atomic E-state index is -0.939. The lowest BCUT2D eigenvalue weighted by Crippen LogP contribution is -2.41. The first-order valence-corrected chi connectivity index (χ1v) is 4.56. The molecule has 1 atom stereocenters. The van der Waals surface area contributed by atoms with Gasteiger partial charge in [-0.25, -0.2) is 0 Å². The van der Waals surface area contributed by atoms with Gasteiger partial charge in [-0.1, -0.05) is 6.07 Å². The van der Waals surface area contributed by atoms with Crippen LogP contribution < -0.4 is 5.73 Å². The van der Waals surface area contributed by atoms with Crippen molar-refractivity contribution in [3.63, 3.8) is 0 Å². The molecular formula is C10H12N2O2. The Morgan fingerprint density at radius 3 is 2.79 bits per heavy atom. The summed E-state index contributed by atoms with van der Waals surface area (Å²) in [4.78, 5) is 14.8. The minimum absolute atomic E-state index is 0.361. The van der Waals surface area contributed by atoms with Crippen molar-refractivity contribution in [2.24, 2.45) is 5.73 Å². The van der Waals surface area contributed by atoms with E-state index in [0.717, 1.165) is 18.4 Å². The highest BCUT2D eigenvalue weighted by Gasteiger charge is 2.52. The van der Waals surface area contributed by atoms with Gasteiger partial charge >= 0.3 is 5.97 Å². The molecular weight excluding hydrogens is 180 g/mol. The number of nitrogens with two attached hydrogens (primary N) is 1. The zero-order valence-corrected chi connectivity index (χ0v) is 7.68. The Bertz CT molecular complexity index is 346. The predicted molar refractivity (Wildman–Crippen MR) is 50.8 cm³/mol. The van der Waals surface area contributed by atoms with Crippen LogP contribution in [0.15, 0.2) is 24.5 Å². The Kier molecular flexibility index (Phi) is 2.00. The van der Waals surface area contributed by atoms with Crippen LogP contribution in [-0.4, -0.2) is 22.1 Å². The van der Waals surface area contributed by atoms with Gasteiger partial charge in [0.2, 0.25) is 0 Å². The van der Waals surface area contributed by atoms with E-state index in [4.69, 9.17) is 10.8 Å². The van der Waals surface area contributed by atoms with Crippen molar-refractivity contribution in [3.8, 4) is 0 Å². The zero-order chi connectivity index (χ0) is 10.2. The number of aliphatic carboxylic acids is 1. The summed E-state index contributed by atoms with van der Waals surface area (Å²) < 4.78 is 0. The first kappa shape index (κ1) is 9.15. The first-order valence-electron chi connectivity index (χ1n) is 4.56. The molecule has 1 aliphatic rings. The molecule has 14 heavy (non-hydrogen) atoms. The lowest BCUT2D eigenvalue weighted by Gasteiger charge is -2.19. The van der Waals surface area contributed by atoms with Crippen molar-refractivity contribution in [2.45, 2.75) is 24.3 Å². The summed E-state index contributed by atoms with van der Waals surface area (Å²) in [5.74, 6) is -0.939. The molecule has 0 aromatic carbocycles. The van der Waals surface area contributed by atoms with Crippen LogP contribution in [0.3, 0.4) is 0 Å². The van der Waals surface area contributed by atoms with Crippen LogP contribution in [0, 0.1) is 0 Å². The highest BCUT2D eigenvalue weighted by atomic mass is 16.4. The summed E-state index contributed by atoms with van der Waals surface area (Å²) in [5, 5.41) is 8.87. The fraction of sp³-hybridized carbons (Fsp3) is 0.400. The summed E-state index contributed by atoms with van der Waals surface area (Å²) in [6.45, 7) is 0. The van der Waals surface area contributed by atoms with E-state index in [1.165, 1.54) is 0 Å². The van der Waals surface area contributed by atoms with Crippen LogP contribution in [0.5, 0.6) is 0 Å². The number of rotatable bonds is 3. The van der Waals surface area contributed by atoms with Crippen LogP contribution in [0.4, 0.5) is 0 Å². The maximum atomic E-state index is 10.8. The Labute approximate surface area is 81.8 Å². The Morgan fingerprint density at radius 1 is 1.64 bits per heavy atom. The number of hydrogen-bond donors (Lipinski definition) is 2. The smallest absolute Gasteiger partial charge is 0.321 e. The fourth-order valence-electron chi connectivity index (χ4n) is 1.81. The second-order valence-corrected chi connectivity index (χ2v) is 3.71. The molecule has 1 fully saturated rings. The molecule has 0 bridgehead atoms. The number of carbonyl (C=O) groups is 1. The van der Waals surface area contributed by atoms with E-state index in [1.54, 1.807) is 12.4 Å². The second-order valence-electron chi connectivity index (χ2n) is 3.71. The van der Waals surface area contributed by atoms with Gasteiger partial charge in [0.1, 0.15) is 6.04 Å². The summed E-state index contributed by atoms with van der Waals surface area (Å²) >= 11 is 0. The lowest BCUT2D eigenvalue weighted by molar-refractivity contribution is -0.139. The molecule has 0 aliphatic heterocycles. The maximum absolute atomic E-state index is 10.8. The SMILES string of the molecule is NC(C(=O)O)C1(c2cccnc2)CC1. The summed E-state index contributed by atoms with van der Waals surface area (Å²) in [5.41, 5.74) is 6.24. The van der Waals surface area contributed by atoms with Crippen LogP contribution in [0.2, 0.25) is 0 Å². The van der Waals surface area contributed by atoms with Gasteiger partial charge in [0, 0.05) is 17.8 Å². The van der Waals surface area contributed by atoms with E-state index in [0.29, 0.717) is 0 Å². The molecule has 4 heteroatoms. The highest BCUT2D eigenvalue weighted by Crippen LogP contribution is 2.50. The van der Waals surface area contributed by atoms with Crippen LogP contribution in [0.1, 0.15) is 18.4 Å². The standard InChI is InChI=1S/C10H12N2O2/c11-8(9(13)14)10(3-4-10)7-2-1-5-12-6-7/h1-2,5-6,8H,3-4,11H2,(H,13,14). The zero-order valence-electron chi connectivity index (χ0n) is 7.68. The third-order valence-electron chi connectivity index (χ3n) is 2.89. The quantitative estimate of drug-likeness (QED) is 0.732. The van der Waals surface area contributed by atoms with E-state index < -0.39 is 12.0 Å². The van der Waals surface area contributed by atoms with Crippen molar-refractivity contribution in [2.75, 3.05) is 0 Å². The molecule has 74 valence electrons. The van der Waals surface area contributed by atoms with Gasteiger partial charge in [-0.05, 0) is 24.5 Å². The fourth-order valence-corrected chi connectivity index (χ4v) is 1.81. The molecule has 0 amide bonds. The van der Waals surface area contributed by atoms with Crippen molar-refractivity contribution in [3.05, 3.63) is 30.1 Å². The monoisotopic (exact) mass is 192 g/mol. The van der Waals surface area contributed by atoms with Gasteiger partial charge in [0.25, 0.3) is 0 Å². The second kappa shape index (κ2) is 3.06. The van der Waals surface area contributed by atoms with Gasteiger partial charge in [-0.3, -0.25) is 9.78 Å². The third-order valence-corrected chi connectivity index (χ3v) is 2.89. The number of nitrogens with zero attached hydrogens (tertiary/aromatic N) is 1. The molecule has 1 aromatic heterocycles. The Hall–Kier alpha value is -1.42. The predicted octanol–water partition coefficient (Wildman–Crippen LogP) is 0.525. The number of pyridine rings is 1. The molecule has 3 N–H and O–H groups in total. The van der Waals surface area contributed by atoms with Gasteiger partial charge in [-0.15, -0.1) is 0 Å². The number of carboxylic acid groups (broad SMARTS) is 1. The van der Waals surface area contributed by atoms with Crippen molar-refractivity contribution in [1.82, 2.24) is 4.98 Å². The van der Waals surface area contributed by atoms with Gasteiger partial charge in [0.15, 0.2) is 0 Å². The Balaban J connectivity index is 2.30. The molecule has 1 heterocycles. The summed E-state index contributed by atoms with van der Waals surface area (Å²) in [7, 11) is 0. The number of carboxylic acids is 1. The van der Waals surface area contributed by atoms with Crippen LogP contribution >= 0.6 is 0 Å². The largest absolute Gasteiger partial charge is 0.480 e. The normalized spacial score (nSPS) is 20.1. The van der Waals surface area contributed by atoms with Gasteiger partial charge in [-0.2, -0.15) is 0 Å². The summed E-state index contributed by atoms with van der Waals surface area (Å²) in [6, 6.07) is 2.89. The number of hydrogen-bond acceptors (Lipinski definition) is 3. The Morgan fingerprint density at radius 2 is 2.36 bits per heavy atom. The molecule has 1 aromatic rings. The van der Waals surface area contributed by atoms with Crippen molar-refractivity contribution in [1.29, 1.82) is 0 Å². The van der Waals surface area contributed by atoms with E-state index in [1.807, 2.05) is 12.1 Å². The van der Waals surface area contributed by atoms with E-state index in [2.05, 4.69) is 4.98 Å². The average molecular weight is 192 g/mol. The molecule has 1 aliphatic carbocycles. The topological polar surface area (TPSA) is 76.2 Å². The molecule has 0 saturated heterocycles. The molecule has 1 unspecified atom stereocenters. The van der Waals surface area contributed by atoms with Crippen LogP contribution in [0.25, 0.3) is 0 Å². The van der Waals surface area contributed by atoms with E-state index in [-0.39, 0.29) is 5.41 Å². The summed E-state index contributed by atoms with van der Waals surface area (Å²) in [6.07, 6.45) is 5.06. The molecule has 2 rings (SSSR count). The maximum Gasteiger partial charge on any atom is 0.321 e. The average Bonchev–Trinajstić information content (AvgIpc) is 2.99. The molecule has 0 spiro atoms. The van der Waals surface area contributed by atoms with E-state index in [9.17, 15) is 4.79 Å². The van der Waals surface area contributed by atoms with Crippen LogP contribution in [-0.2, 0) is 10.2 Å². The molecule has 4 nitrogen and oxygen atoms in total.